The van der Waals surface area contributed by atoms with Crippen molar-refractivity contribution in [3.05, 3.63) is 92.1 Å². The highest BCUT2D eigenvalue weighted by atomic mass is 79.9. The normalized spacial score (nSPS) is 11.2. The van der Waals surface area contributed by atoms with Crippen molar-refractivity contribution in [1.82, 2.24) is 15.3 Å². The minimum Gasteiger partial charge on any atom is -0.489 e. The smallest absolute Gasteiger partial charge is 0.124 e. The maximum atomic E-state index is 6.26. The Hall–Kier alpha value is -2.05. The quantitative estimate of drug-likeness (QED) is 0.236. The molecule has 4 nitrogen and oxygen atoms in total. The van der Waals surface area contributed by atoms with Crippen LogP contribution in [0.1, 0.15) is 23.4 Å². The third-order valence-electron chi connectivity index (χ3n) is 4.94. The summed E-state index contributed by atoms with van der Waals surface area (Å²) in [5.41, 5.74) is 4.09. The monoisotopic (exact) mass is 517 g/mol. The third kappa shape index (κ3) is 6.01. The second kappa shape index (κ2) is 10.5. The Labute approximate surface area is 200 Å². The molecule has 160 valence electrons. The molecular formula is C24H22BrCl2N3O. The number of fused-ring (bicyclic) bond motifs is 1. The van der Waals surface area contributed by atoms with E-state index in [-0.39, 0.29) is 0 Å². The van der Waals surface area contributed by atoms with Crippen LogP contribution in [0.15, 0.2) is 65.1 Å². The van der Waals surface area contributed by atoms with Crippen LogP contribution in [0, 0.1) is 0 Å². The first kappa shape index (κ1) is 22.2. The van der Waals surface area contributed by atoms with Crippen LogP contribution in [0.3, 0.4) is 0 Å². The number of nitrogens with zero attached hydrogens (tertiary/aromatic N) is 1. The zero-order valence-corrected chi connectivity index (χ0v) is 19.9. The van der Waals surface area contributed by atoms with Gasteiger partial charge in [0.05, 0.1) is 11.0 Å². The SMILES string of the molecule is Clc1ccc(COc2ccc(Br)cc2CNCCCc2nc3ccccc3[nH]2)c(Cl)c1. The van der Waals surface area contributed by atoms with E-state index in [9.17, 15) is 0 Å². The highest BCUT2D eigenvalue weighted by Crippen LogP contribution is 2.26. The van der Waals surface area contributed by atoms with Gasteiger partial charge in [-0.05, 0) is 55.4 Å². The summed E-state index contributed by atoms with van der Waals surface area (Å²) < 4.78 is 7.07. The fourth-order valence-electron chi connectivity index (χ4n) is 3.35. The summed E-state index contributed by atoms with van der Waals surface area (Å²) in [7, 11) is 0. The first-order valence-corrected chi connectivity index (χ1v) is 11.6. The van der Waals surface area contributed by atoms with E-state index in [4.69, 9.17) is 27.9 Å². The van der Waals surface area contributed by atoms with Crippen LogP contribution in [0.25, 0.3) is 11.0 Å². The maximum absolute atomic E-state index is 6.26. The van der Waals surface area contributed by atoms with Crippen LogP contribution in [-0.4, -0.2) is 16.5 Å². The summed E-state index contributed by atoms with van der Waals surface area (Å²) in [6.07, 6.45) is 1.89. The van der Waals surface area contributed by atoms with Crippen LogP contribution >= 0.6 is 39.1 Å². The molecule has 31 heavy (non-hydrogen) atoms. The number of hydrogen-bond donors (Lipinski definition) is 2. The number of para-hydroxylation sites is 2. The molecule has 2 N–H and O–H groups in total. The zero-order chi connectivity index (χ0) is 21.6. The summed E-state index contributed by atoms with van der Waals surface area (Å²) in [5.74, 6) is 1.85. The van der Waals surface area contributed by atoms with Gasteiger partial charge in [0.1, 0.15) is 18.2 Å². The second-order valence-corrected chi connectivity index (χ2v) is 9.02. The van der Waals surface area contributed by atoms with Gasteiger partial charge >= 0.3 is 0 Å². The summed E-state index contributed by atoms with van der Waals surface area (Å²) in [4.78, 5) is 8.01. The van der Waals surface area contributed by atoms with Gasteiger partial charge in [-0.15, -0.1) is 0 Å². The van der Waals surface area contributed by atoms with Crippen molar-refractivity contribution in [1.29, 1.82) is 0 Å². The van der Waals surface area contributed by atoms with Crippen LogP contribution < -0.4 is 10.1 Å². The molecule has 0 saturated carbocycles. The lowest BCUT2D eigenvalue weighted by atomic mass is 10.2. The minimum atomic E-state index is 0.386. The van der Waals surface area contributed by atoms with Crippen molar-refractivity contribution in [3.63, 3.8) is 0 Å². The maximum Gasteiger partial charge on any atom is 0.124 e. The molecule has 0 saturated heterocycles. The van der Waals surface area contributed by atoms with Gasteiger partial charge in [0.2, 0.25) is 0 Å². The fraction of sp³-hybridized carbons (Fsp3) is 0.208. The van der Waals surface area contributed by atoms with Crippen molar-refractivity contribution < 1.29 is 4.74 Å². The van der Waals surface area contributed by atoms with E-state index in [2.05, 4.69) is 43.3 Å². The number of ether oxygens (including phenoxy) is 1. The highest BCUT2D eigenvalue weighted by Gasteiger charge is 2.08. The summed E-state index contributed by atoms with van der Waals surface area (Å²) in [6, 6.07) is 19.6. The van der Waals surface area contributed by atoms with Crippen molar-refractivity contribution in [2.75, 3.05) is 6.54 Å². The van der Waals surface area contributed by atoms with Crippen LogP contribution in [-0.2, 0) is 19.6 Å². The lowest BCUT2D eigenvalue weighted by Gasteiger charge is -2.14. The second-order valence-electron chi connectivity index (χ2n) is 7.26. The van der Waals surface area contributed by atoms with Gasteiger partial charge in [0.15, 0.2) is 0 Å². The number of hydrogen-bond acceptors (Lipinski definition) is 3. The third-order valence-corrected chi connectivity index (χ3v) is 6.02. The molecule has 7 heteroatoms. The Bertz CT molecular complexity index is 1150. The number of halogens is 3. The van der Waals surface area contributed by atoms with Crippen LogP contribution in [0.5, 0.6) is 5.75 Å². The van der Waals surface area contributed by atoms with E-state index in [0.717, 1.165) is 57.6 Å². The van der Waals surface area contributed by atoms with Gasteiger partial charge in [0.25, 0.3) is 0 Å². The Morgan fingerprint density at radius 1 is 1.00 bits per heavy atom. The first-order valence-electron chi connectivity index (χ1n) is 10.1. The molecule has 0 aliphatic carbocycles. The number of rotatable bonds is 9. The predicted octanol–water partition coefficient (Wildman–Crippen LogP) is 6.93. The van der Waals surface area contributed by atoms with E-state index < -0.39 is 0 Å². The van der Waals surface area contributed by atoms with Crippen LogP contribution in [0.4, 0.5) is 0 Å². The van der Waals surface area contributed by atoms with Gasteiger partial charge in [-0.25, -0.2) is 4.98 Å². The molecule has 4 aromatic rings. The van der Waals surface area contributed by atoms with E-state index in [0.29, 0.717) is 23.2 Å². The van der Waals surface area contributed by atoms with E-state index >= 15 is 0 Å². The minimum absolute atomic E-state index is 0.386. The van der Waals surface area contributed by atoms with E-state index in [1.165, 1.54) is 0 Å². The number of imidazole rings is 1. The lowest BCUT2D eigenvalue weighted by molar-refractivity contribution is 0.302. The summed E-state index contributed by atoms with van der Waals surface area (Å²) in [6.45, 7) is 1.98. The number of benzene rings is 3. The van der Waals surface area contributed by atoms with Crippen molar-refractivity contribution >= 4 is 50.2 Å². The number of aromatic amines is 1. The molecule has 3 aromatic carbocycles. The van der Waals surface area contributed by atoms with Crippen molar-refractivity contribution in [2.24, 2.45) is 0 Å². The molecule has 0 amide bonds. The summed E-state index contributed by atoms with van der Waals surface area (Å²) in [5, 5.41) is 4.73. The molecule has 0 aliphatic rings. The number of nitrogens with one attached hydrogen (secondary N) is 2. The van der Waals surface area contributed by atoms with E-state index in [1.807, 2.05) is 42.5 Å². The predicted molar refractivity (Wildman–Crippen MR) is 131 cm³/mol. The van der Waals surface area contributed by atoms with Crippen molar-refractivity contribution in [2.45, 2.75) is 26.0 Å². The standard InChI is InChI=1S/C24H22BrCl2N3O/c25-18-8-10-23(31-15-16-7-9-19(26)13-20(16)27)17(12-18)14-28-11-3-6-24-29-21-4-1-2-5-22(21)30-24/h1-2,4-5,7-10,12-13,28H,3,6,11,14-15H2,(H,29,30). The highest BCUT2D eigenvalue weighted by molar-refractivity contribution is 9.10. The number of aryl methyl sites for hydroxylation is 1. The van der Waals surface area contributed by atoms with Crippen molar-refractivity contribution in [3.8, 4) is 5.75 Å². The largest absolute Gasteiger partial charge is 0.489 e. The first-order chi connectivity index (χ1) is 15.1. The molecule has 0 unspecified atom stereocenters. The molecule has 4 rings (SSSR count). The van der Waals surface area contributed by atoms with E-state index in [1.54, 1.807) is 6.07 Å². The van der Waals surface area contributed by atoms with Gasteiger partial charge in [-0.2, -0.15) is 0 Å². The van der Waals surface area contributed by atoms with Crippen LogP contribution in [0.2, 0.25) is 10.0 Å². The molecule has 0 aliphatic heterocycles. The molecule has 0 atom stereocenters. The fourth-order valence-corrected chi connectivity index (χ4v) is 4.22. The molecule has 0 spiro atoms. The molecule has 0 radical (unpaired) electrons. The van der Waals surface area contributed by atoms with Gasteiger partial charge in [-0.3, -0.25) is 0 Å². The molecule has 1 heterocycles. The number of H-pyrrole nitrogens is 1. The topological polar surface area (TPSA) is 49.9 Å². The summed E-state index contributed by atoms with van der Waals surface area (Å²) >= 11 is 15.8. The molecule has 1 aromatic heterocycles. The molecule has 0 bridgehead atoms. The van der Waals surface area contributed by atoms with Gasteiger partial charge < -0.3 is 15.0 Å². The molecule has 0 fully saturated rings. The Kier molecular flexibility index (Phi) is 7.51. The Morgan fingerprint density at radius 3 is 2.71 bits per heavy atom. The average molecular weight is 519 g/mol. The number of aromatic nitrogens is 2. The Balaban J connectivity index is 1.30. The lowest BCUT2D eigenvalue weighted by Crippen LogP contribution is -2.16. The average Bonchev–Trinajstić information content (AvgIpc) is 3.17. The van der Waals surface area contributed by atoms with Gasteiger partial charge in [-0.1, -0.05) is 57.3 Å². The van der Waals surface area contributed by atoms with Gasteiger partial charge in [0, 0.05) is 38.6 Å². The zero-order valence-electron chi connectivity index (χ0n) is 16.8. The Morgan fingerprint density at radius 2 is 1.87 bits per heavy atom. The molecular weight excluding hydrogens is 497 g/mol.